The molecule has 0 aliphatic heterocycles. The quantitative estimate of drug-likeness (QED) is 0.696. The summed E-state index contributed by atoms with van der Waals surface area (Å²) >= 11 is 5.65. The molecule has 0 saturated heterocycles. The van der Waals surface area contributed by atoms with E-state index in [-0.39, 0.29) is 11.1 Å². The molecule has 7 heteroatoms. The molecule has 0 radical (unpaired) electrons. The minimum absolute atomic E-state index is 0.0150. The first-order chi connectivity index (χ1) is 8.19. The van der Waals surface area contributed by atoms with Gasteiger partial charge in [0.15, 0.2) is 11.6 Å². The van der Waals surface area contributed by atoms with E-state index in [0.717, 1.165) is 6.20 Å². The summed E-state index contributed by atoms with van der Waals surface area (Å²) in [7, 11) is 3.16. The predicted octanol–water partition coefficient (Wildman–Crippen LogP) is 1.37. The first kappa shape index (κ1) is 14.1. The SMILES string of the molecule is COCCN(CCOC)c1nc(Cl)ncc1F. The average Bonchev–Trinajstić information content (AvgIpc) is 2.33. The van der Waals surface area contributed by atoms with Crippen molar-refractivity contribution in [2.45, 2.75) is 0 Å². The van der Waals surface area contributed by atoms with Crippen molar-refractivity contribution in [3.8, 4) is 0 Å². The molecule has 0 aromatic carbocycles. The highest BCUT2D eigenvalue weighted by Crippen LogP contribution is 2.16. The molecule has 0 spiro atoms. The Balaban J connectivity index is 2.82. The molecule has 0 atom stereocenters. The largest absolute Gasteiger partial charge is 0.383 e. The summed E-state index contributed by atoms with van der Waals surface area (Å²) < 4.78 is 23.5. The Morgan fingerprint density at radius 1 is 1.29 bits per heavy atom. The lowest BCUT2D eigenvalue weighted by Crippen LogP contribution is -2.32. The second kappa shape index (κ2) is 7.37. The second-order valence-corrected chi connectivity index (χ2v) is 3.62. The Morgan fingerprint density at radius 3 is 2.41 bits per heavy atom. The average molecular weight is 264 g/mol. The van der Waals surface area contributed by atoms with Gasteiger partial charge in [-0.2, -0.15) is 4.98 Å². The maximum Gasteiger partial charge on any atom is 0.224 e. The number of hydrogen-bond acceptors (Lipinski definition) is 5. The normalized spacial score (nSPS) is 10.6. The van der Waals surface area contributed by atoms with Crippen molar-refractivity contribution in [3.05, 3.63) is 17.3 Å². The van der Waals surface area contributed by atoms with Crippen molar-refractivity contribution in [2.75, 3.05) is 45.4 Å². The van der Waals surface area contributed by atoms with E-state index in [2.05, 4.69) is 9.97 Å². The van der Waals surface area contributed by atoms with Gasteiger partial charge in [0.1, 0.15) is 0 Å². The van der Waals surface area contributed by atoms with Crippen molar-refractivity contribution >= 4 is 17.4 Å². The zero-order valence-corrected chi connectivity index (χ0v) is 10.6. The summed E-state index contributed by atoms with van der Waals surface area (Å²) in [5, 5.41) is 0.0150. The van der Waals surface area contributed by atoms with Crippen LogP contribution in [0.1, 0.15) is 0 Å². The highest BCUT2D eigenvalue weighted by Gasteiger charge is 2.14. The van der Waals surface area contributed by atoms with Crippen LogP contribution in [0.3, 0.4) is 0 Å². The van der Waals surface area contributed by atoms with Gasteiger partial charge >= 0.3 is 0 Å². The Hall–Kier alpha value is -0.980. The number of rotatable bonds is 7. The molecule has 0 aliphatic carbocycles. The third kappa shape index (κ3) is 4.41. The zero-order chi connectivity index (χ0) is 12.7. The topological polar surface area (TPSA) is 47.5 Å². The van der Waals surface area contributed by atoms with Crippen LogP contribution in [0.15, 0.2) is 6.20 Å². The molecule has 1 rings (SSSR count). The van der Waals surface area contributed by atoms with Crippen LogP contribution in [-0.2, 0) is 9.47 Å². The minimum Gasteiger partial charge on any atom is -0.383 e. The third-order valence-electron chi connectivity index (χ3n) is 2.13. The van der Waals surface area contributed by atoms with E-state index >= 15 is 0 Å². The summed E-state index contributed by atoms with van der Waals surface area (Å²) in [6, 6.07) is 0. The molecule has 0 aliphatic rings. The molecule has 0 bridgehead atoms. The van der Waals surface area contributed by atoms with Crippen molar-refractivity contribution in [1.82, 2.24) is 9.97 Å². The van der Waals surface area contributed by atoms with Crippen molar-refractivity contribution in [3.63, 3.8) is 0 Å². The van der Waals surface area contributed by atoms with Crippen molar-refractivity contribution in [1.29, 1.82) is 0 Å². The standard InChI is InChI=1S/C10H15ClFN3O2/c1-16-5-3-15(4-6-17-2)9-8(12)7-13-10(11)14-9/h7H,3-6H2,1-2H3. The lowest BCUT2D eigenvalue weighted by Gasteiger charge is -2.23. The van der Waals surface area contributed by atoms with Gasteiger partial charge in [-0.1, -0.05) is 0 Å². The fourth-order valence-electron chi connectivity index (χ4n) is 1.29. The van der Waals surface area contributed by atoms with Crippen molar-refractivity contribution in [2.24, 2.45) is 0 Å². The molecular weight excluding hydrogens is 249 g/mol. The van der Waals surface area contributed by atoms with E-state index < -0.39 is 5.82 Å². The van der Waals surface area contributed by atoms with Crippen LogP contribution in [0.5, 0.6) is 0 Å². The third-order valence-corrected chi connectivity index (χ3v) is 2.31. The molecule has 0 fully saturated rings. The number of halogens is 2. The monoisotopic (exact) mass is 263 g/mol. The van der Waals surface area contributed by atoms with Crippen LogP contribution < -0.4 is 4.90 Å². The van der Waals surface area contributed by atoms with Gasteiger partial charge in [0.2, 0.25) is 5.28 Å². The first-order valence-corrected chi connectivity index (χ1v) is 5.47. The van der Waals surface area contributed by atoms with Gasteiger partial charge < -0.3 is 14.4 Å². The fourth-order valence-corrected chi connectivity index (χ4v) is 1.41. The lowest BCUT2D eigenvalue weighted by molar-refractivity contribution is 0.189. The molecule has 1 aromatic heterocycles. The second-order valence-electron chi connectivity index (χ2n) is 3.28. The van der Waals surface area contributed by atoms with Gasteiger partial charge in [-0.15, -0.1) is 0 Å². The first-order valence-electron chi connectivity index (χ1n) is 5.10. The van der Waals surface area contributed by atoms with E-state index in [9.17, 15) is 4.39 Å². The molecule has 5 nitrogen and oxygen atoms in total. The van der Waals surface area contributed by atoms with E-state index in [1.54, 1.807) is 19.1 Å². The molecule has 0 amide bonds. The number of ether oxygens (including phenoxy) is 2. The van der Waals surface area contributed by atoms with E-state index in [1.165, 1.54) is 0 Å². The molecule has 0 N–H and O–H groups in total. The number of methoxy groups -OCH3 is 2. The molecule has 96 valence electrons. The highest BCUT2D eigenvalue weighted by molar-refractivity contribution is 6.28. The maximum absolute atomic E-state index is 13.6. The highest BCUT2D eigenvalue weighted by atomic mass is 35.5. The van der Waals surface area contributed by atoms with Gasteiger partial charge in [-0.3, -0.25) is 0 Å². The van der Waals surface area contributed by atoms with Gasteiger partial charge in [0.25, 0.3) is 0 Å². The zero-order valence-electron chi connectivity index (χ0n) is 9.82. The minimum atomic E-state index is -0.512. The summed E-state index contributed by atoms with van der Waals surface area (Å²) in [4.78, 5) is 9.15. The van der Waals surface area contributed by atoms with Gasteiger partial charge in [0, 0.05) is 27.3 Å². The van der Waals surface area contributed by atoms with Crippen LogP contribution >= 0.6 is 11.6 Å². The maximum atomic E-state index is 13.6. The Morgan fingerprint density at radius 2 is 1.88 bits per heavy atom. The molecule has 17 heavy (non-hydrogen) atoms. The molecule has 1 heterocycles. The van der Waals surface area contributed by atoms with Crippen LogP contribution in [0.2, 0.25) is 5.28 Å². The number of nitrogens with zero attached hydrogens (tertiary/aromatic N) is 3. The van der Waals surface area contributed by atoms with Gasteiger partial charge in [-0.25, -0.2) is 9.37 Å². The smallest absolute Gasteiger partial charge is 0.224 e. The lowest BCUT2D eigenvalue weighted by atomic mass is 10.4. The molecule has 1 aromatic rings. The van der Waals surface area contributed by atoms with Crippen LogP contribution in [0.25, 0.3) is 0 Å². The van der Waals surface area contributed by atoms with Gasteiger partial charge in [0.05, 0.1) is 19.4 Å². The number of hydrogen-bond donors (Lipinski definition) is 0. The van der Waals surface area contributed by atoms with E-state index in [1.807, 2.05) is 0 Å². The Labute approximate surface area is 105 Å². The van der Waals surface area contributed by atoms with Crippen LogP contribution in [0, 0.1) is 5.82 Å². The van der Waals surface area contributed by atoms with Crippen LogP contribution in [0.4, 0.5) is 10.2 Å². The van der Waals surface area contributed by atoms with Gasteiger partial charge in [-0.05, 0) is 11.6 Å². The summed E-state index contributed by atoms with van der Waals surface area (Å²) in [6.07, 6.45) is 1.05. The number of aromatic nitrogens is 2. The summed E-state index contributed by atoms with van der Waals surface area (Å²) in [5.74, 6) is -0.347. The van der Waals surface area contributed by atoms with E-state index in [0.29, 0.717) is 26.3 Å². The summed E-state index contributed by atoms with van der Waals surface area (Å²) in [5.41, 5.74) is 0. The Bertz CT molecular complexity index is 346. The molecule has 0 saturated carbocycles. The number of anilines is 1. The van der Waals surface area contributed by atoms with Crippen molar-refractivity contribution < 1.29 is 13.9 Å². The van der Waals surface area contributed by atoms with Crippen LogP contribution in [-0.4, -0.2) is 50.5 Å². The molecule has 0 unspecified atom stereocenters. The molecular formula is C10H15ClFN3O2. The Kier molecular flexibility index (Phi) is 6.10. The predicted molar refractivity (Wildman–Crippen MR) is 63.0 cm³/mol. The fraction of sp³-hybridized carbons (Fsp3) is 0.600. The summed E-state index contributed by atoms with van der Waals surface area (Å²) in [6.45, 7) is 1.93. The van der Waals surface area contributed by atoms with E-state index in [4.69, 9.17) is 21.1 Å².